The average Bonchev–Trinajstić information content (AvgIpc) is 2.74. The lowest BCUT2D eigenvalue weighted by molar-refractivity contribution is -0.145. The Kier molecular flexibility index (Phi) is 5.62. The topological polar surface area (TPSA) is 83.9 Å². The van der Waals surface area contributed by atoms with Crippen LogP contribution in [0.4, 0.5) is 0 Å². The number of nitrogens with zero attached hydrogens (tertiary/aromatic N) is 1. The number of fused-ring (bicyclic) bond motifs is 1. The second-order valence-electron chi connectivity index (χ2n) is 6.26. The molecule has 0 spiro atoms. The first-order valence-corrected chi connectivity index (χ1v) is 8.50. The van der Waals surface area contributed by atoms with Gasteiger partial charge in [0.1, 0.15) is 0 Å². The number of hydrogen-bond donors (Lipinski definition) is 1. The van der Waals surface area contributed by atoms with Crippen molar-refractivity contribution in [1.82, 2.24) is 4.90 Å². The molecule has 1 atom stereocenters. The van der Waals surface area contributed by atoms with Crippen LogP contribution in [0.5, 0.6) is 0 Å². The van der Waals surface area contributed by atoms with Gasteiger partial charge in [0.05, 0.1) is 43.4 Å². The number of carbonyl (C=O) groups excluding carboxylic acids is 2. The Hall–Kier alpha value is -1.05. The number of carboxylic acid groups (broad SMARTS) is 1. The highest BCUT2D eigenvalue weighted by atomic mass is 35.5. The first kappa shape index (κ1) is 20.3. The zero-order valence-electron chi connectivity index (χ0n) is 13.3. The van der Waals surface area contributed by atoms with Gasteiger partial charge in [-0.25, -0.2) is 4.79 Å². The van der Waals surface area contributed by atoms with Crippen LogP contribution in [0.2, 0.25) is 20.1 Å². The van der Waals surface area contributed by atoms with Crippen LogP contribution in [-0.4, -0.2) is 46.0 Å². The Morgan fingerprint density at radius 3 is 1.72 bits per heavy atom. The third-order valence-corrected chi connectivity index (χ3v) is 5.21. The number of carbonyl (C=O) groups is 3. The Labute approximate surface area is 163 Å². The number of rotatable bonds is 4. The Bertz CT molecular complexity index is 740. The zero-order valence-corrected chi connectivity index (χ0v) is 16.3. The Morgan fingerprint density at radius 1 is 1.00 bits per heavy atom. The number of halogens is 4. The first-order valence-electron chi connectivity index (χ1n) is 6.99. The van der Waals surface area contributed by atoms with Crippen LogP contribution in [0.1, 0.15) is 41.5 Å². The molecule has 2 rings (SSSR count). The van der Waals surface area contributed by atoms with Gasteiger partial charge in [0.15, 0.2) is 6.04 Å². The molecule has 1 aromatic rings. The van der Waals surface area contributed by atoms with Gasteiger partial charge in [0.25, 0.3) is 11.8 Å². The molecule has 6 nitrogen and oxygen atoms in total. The summed E-state index contributed by atoms with van der Waals surface area (Å²) in [5.41, 5.74) is -1.21. The van der Waals surface area contributed by atoms with E-state index in [0.29, 0.717) is 4.90 Å². The molecule has 2 amide bonds. The molecule has 1 unspecified atom stereocenters. The summed E-state index contributed by atoms with van der Waals surface area (Å²) in [7, 11) is 0. The highest BCUT2D eigenvalue weighted by Gasteiger charge is 2.47. The average molecular weight is 429 g/mol. The van der Waals surface area contributed by atoms with Crippen LogP contribution in [0.15, 0.2) is 0 Å². The molecule has 1 aliphatic rings. The maximum Gasteiger partial charge on any atom is 0.329 e. The van der Waals surface area contributed by atoms with E-state index in [2.05, 4.69) is 0 Å². The van der Waals surface area contributed by atoms with E-state index in [1.165, 1.54) is 0 Å². The lowest BCUT2D eigenvalue weighted by Crippen LogP contribution is -2.48. The van der Waals surface area contributed by atoms with Gasteiger partial charge in [-0.3, -0.25) is 14.5 Å². The standard InChI is InChI=1S/C15H13Cl4NO5/c1-15(2,3)25-4-5(14(23)24)20-12(21)6-7(13(20)22)9(17)11(19)10(18)8(6)16/h5H,4H2,1-3H3,(H,23,24). The Morgan fingerprint density at radius 2 is 1.40 bits per heavy atom. The van der Waals surface area contributed by atoms with Gasteiger partial charge >= 0.3 is 5.97 Å². The second kappa shape index (κ2) is 6.93. The molecule has 0 aliphatic carbocycles. The second-order valence-corrected chi connectivity index (χ2v) is 7.78. The van der Waals surface area contributed by atoms with Crippen molar-refractivity contribution in [1.29, 1.82) is 0 Å². The normalized spacial score (nSPS) is 15.6. The van der Waals surface area contributed by atoms with Crippen LogP contribution in [0, 0.1) is 0 Å². The van der Waals surface area contributed by atoms with Crippen molar-refractivity contribution in [3.63, 3.8) is 0 Å². The number of hydrogen-bond acceptors (Lipinski definition) is 4. The molecule has 0 fully saturated rings. The number of imide groups is 1. The largest absolute Gasteiger partial charge is 0.480 e. The highest BCUT2D eigenvalue weighted by Crippen LogP contribution is 2.45. The monoisotopic (exact) mass is 427 g/mol. The smallest absolute Gasteiger partial charge is 0.329 e. The van der Waals surface area contributed by atoms with Crippen LogP contribution < -0.4 is 0 Å². The minimum Gasteiger partial charge on any atom is -0.480 e. The zero-order chi connectivity index (χ0) is 19.3. The van der Waals surface area contributed by atoms with Crippen molar-refractivity contribution < 1.29 is 24.2 Å². The van der Waals surface area contributed by atoms with Gasteiger partial charge < -0.3 is 9.84 Å². The molecule has 0 saturated carbocycles. The molecule has 10 heteroatoms. The van der Waals surface area contributed by atoms with E-state index < -0.39 is 36.0 Å². The minimum absolute atomic E-state index is 0.187. The van der Waals surface area contributed by atoms with Gasteiger partial charge in [-0.15, -0.1) is 0 Å². The highest BCUT2D eigenvalue weighted by molar-refractivity contribution is 6.55. The molecule has 0 bridgehead atoms. The molecule has 1 heterocycles. The summed E-state index contributed by atoms with van der Waals surface area (Å²) >= 11 is 23.9. The third kappa shape index (κ3) is 3.59. The summed E-state index contributed by atoms with van der Waals surface area (Å²) in [6.45, 7) is 4.73. The SMILES string of the molecule is CC(C)(C)OCC(C(=O)O)N1C(=O)c2c(Cl)c(Cl)c(Cl)c(Cl)c2C1=O. The molecular weight excluding hydrogens is 416 g/mol. The minimum atomic E-state index is -1.56. The van der Waals surface area contributed by atoms with Gasteiger partial charge in [-0.2, -0.15) is 0 Å². The fraction of sp³-hybridized carbons (Fsp3) is 0.400. The van der Waals surface area contributed by atoms with Gasteiger partial charge in [0, 0.05) is 0 Å². The van der Waals surface area contributed by atoms with Crippen molar-refractivity contribution in [3.8, 4) is 0 Å². The van der Waals surface area contributed by atoms with Gasteiger partial charge in [-0.1, -0.05) is 46.4 Å². The van der Waals surface area contributed by atoms with Gasteiger partial charge in [0.2, 0.25) is 0 Å². The number of amides is 2. The lowest BCUT2D eigenvalue weighted by Gasteiger charge is -2.27. The van der Waals surface area contributed by atoms with Crippen molar-refractivity contribution >= 4 is 64.2 Å². The lowest BCUT2D eigenvalue weighted by atomic mass is 10.1. The summed E-state index contributed by atoms with van der Waals surface area (Å²) in [4.78, 5) is 37.5. The van der Waals surface area contributed by atoms with Crippen molar-refractivity contribution in [2.75, 3.05) is 6.61 Å². The fourth-order valence-corrected chi connectivity index (χ4v) is 3.25. The maximum absolute atomic E-state index is 12.7. The van der Waals surface area contributed by atoms with E-state index in [9.17, 15) is 19.5 Å². The van der Waals surface area contributed by atoms with E-state index in [1.54, 1.807) is 20.8 Å². The molecule has 0 aromatic heterocycles. The summed E-state index contributed by atoms with van der Waals surface area (Å²) in [5.74, 6) is -3.26. The van der Waals surface area contributed by atoms with Crippen LogP contribution in [-0.2, 0) is 9.53 Å². The predicted molar refractivity (Wildman–Crippen MR) is 94.1 cm³/mol. The maximum atomic E-state index is 12.7. The molecule has 136 valence electrons. The number of benzene rings is 1. The molecule has 0 saturated heterocycles. The third-order valence-electron chi connectivity index (χ3n) is 3.40. The van der Waals surface area contributed by atoms with E-state index in [0.717, 1.165) is 0 Å². The predicted octanol–water partition coefficient (Wildman–Crippen LogP) is 4.16. The molecule has 0 radical (unpaired) electrons. The van der Waals surface area contributed by atoms with Crippen molar-refractivity contribution in [2.24, 2.45) is 0 Å². The Balaban J connectivity index is 2.53. The molecule has 25 heavy (non-hydrogen) atoms. The quantitative estimate of drug-likeness (QED) is 0.442. The number of ether oxygens (including phenoxy) is 1. The van der Waals surface area contributed by atoms with E-state index in [1.807, 2.05) is 0 Å². The number of carboxylic acids is 1. The summed E-state index contributed by atoms with van der Waals surface area (Å²) in [5, 5.41) is 8.56. The summed E-state index contributed by atoms with van der Waals surface area (Å²) in [6.07, 6.45) is 0. The molecule has 1 N–H and O–H groups in total. The van der Waals surface area contributed by atoms with E-state index >= 15 is 0 Å². The fourth-order valence-electron chi connectivity index (χ4n) is 2.23. The van der Waals surface area contributed by atoms with E-state index in [-0.39, 0.29) is 31.2 Å². The van der Waals surface area contributed by atoms with Crippen LogP contribution in [0.3, 0.4) is 0 Å². The van der Waals surface area contributed by atoms with Crippen molar-refractivity contribution in [3.05, 3.63) is 31.2 Å². The van der Waals surface area contributed by atoms with Gasteiger partial charge in [-0.05, 0) is 20.8 Å². The van der Waals surface area contributed by atoms with Crippen LogP contribution in [0.25, 0.3) is 0 Å². The van der Waals surface area contributed by atoms with E-state index in [4.69, 9.17) is 51.1 Å². The molecular formula is C15H13Cl4NO5. The number of aliphatic carboxylic acids is 1. The first-order chi connectivity index (χ1) is 11.4. The summed E-state index contributed by atoms with van der Waals surface area (Å²) < 4.78 is 5.42. The summed E-state index contributed by atoms with van der Waals surface area (Å²) in [6, 6.07) is -1.56. The van der Waals surface area contributed by atoms with Crippen LogP contribution >= 0.6 is 46.4 Å². The molecule has 1 aromatic carbocycles. The van der Waals surface area contributed by atoms with Crippen molar-refractivity contribution in [2.45, 2.75) is 32.4 Å². The molecule has 1 aliphatic heterocycles.